The molecular weight excluding hydrogens is 385 g/mol. The second-order valence-corrected chi connectivity index (χ2v) is 7.13. The quantitative estimate of drug-likeness (QED) is 0.534. The maximum absolute atomic E-state index is 13.7. The molecule has 0 aliphatic carbocycles. The zero-order valence-corrected chi connectivity index (χ0v) is 15.9. The molecule has 6 heteroatoms. The second kappa shape index (κ2) is 9.35. The number of rotatable bonds is 7. The highest BCUT2D eigenvalue weighted by Crippen LogP contribution is 2.22. The number of halogens is 2. The molecular formula is C21H17ClFNO2S. The van der Waals surface area contributed by atoms with E-state index in [2.05, 4.69) is 5.32 Å². The van der Waals surface area contributed by atoms with Crippen LogP contribution in [-0.4, -0.2) is 5.91 Å². The molecule has 0 aliphatic rings. The van der Waals surface area contributed by atoms with Crippen LogP contribution in [0, 0.1) is 5.82 Å². The summed E-state index contributed by atoms with van der Waals surface area (Å²) in [5.41, 5.74) is 1.18. The smallest absolute Gasteiger partial charge is 0.244 e. The van der Waals surface area contributed by atoms with Crippen LogP contribution in [-0.2, 0) is 17.9 Å². The van der Waals surface area contributed by atoms with Crippen LogP contribution >= 0.6 is 22.9 Å². The average Bonchev–Trinajstić information content (AvgIpc) is 3.19. The highest BCUT2D eigenvalue weighted by molar-refractivity contribution is 7.09. The van der Waals surface area contributed by atoms with Crippen molar-refractivity contribution in [1.82, 2.24) is 5.32 Å². The highest BCUT2D eigenvalue weighted by Gasteiger charge is 2.07. The normalized spacial score (nSPS) is 10.9. The van der Waals surface area contributed by atoms with E-state index in [0.29, 0.717) is 22.9 Å². The summed E-state index contributed by atoms with van der Waals surface area (Å²) < 4.78 is 19.3. The topological polar surface area (TPSA) is 38.3 Å². The van der Waals surface area contributed by atoms with Crippen molar-refractivity contribution in [2.75, 3.05) is 0 Å². The predicted molar refractivity (Wildman–Crippen MR) is 107 cm³/mol. The first-order chi connectivity index (χ1) is 13.1. The minimum atomic E-state index is -0.393. The Labute approximate surface area is 166 Å². The van der Waals surface area contributed by atoms with Crippen molar-refractivity contribution in [2.45, 2.75) is 13.2 Å². The second-order valence-electron chi connectivity index (χ2n) is 5.69. The van der Waals surface area contributed by atoms with E-state index in [4.69, 9.17) is 16.3 Å². The molecule has 1 aromatic heterocycles. The fourth-order valence-corrected chi connectivity index (χ4v) is 3.18. The standard InChI is InChI=1S/C21H17ClFNO2S/c22-19-4-1-5-20(23)18(19)14-26-16-9-6-15(7-10-16)8-11-21(25)24-13-17-3-2-12-27-17/h1-12H,13-14H2,(H,24,25)/b11-8+. The van der Waals surface area contributed by atoms with E-state index in [1.165, 1.54) is 12.1 Å². The summed E-state index contributed by atoms with van der Waals surface area (Å²) in [7, 11) is 0. The number of carbonyl (C=O) groups excluding carboxylic acids is 1. The Kier molecular flexibility index (Phi) is 6.63. The monoisotopic (exact) mass is 401 g/mol. The molecule has 0 radical (unpaired) electrons. The Morgan fingerprint density at radius 1 is 1.15 bits per heavy atom. The number of hydrogen-bond acceptors (Lipinski definition) is 3. The molecule has 0 unspecified atom stereocenters. The van der Waals surface area contributed by atoms with Gasteiger partial charge in [-0.1, -0.05) is 35.9 Å². The minimum absolute atomic E-state index is 0.0474. The zero-order chi connectivity index (χ0) is 19.1. The van der Waals surface area contributed by atoms with Crippen molar-refractivity contribution in [3.8, 4) is 5.75 Å². The van der Waals surface area contributed by atoms with Crippen LogP contribution < -0.4 is 10.1 Å². The lowest BCUT2D eigenvalue weighted by Gasteiger charge is -2.09. The van der Waals surface area contributed by atoms with Gasteiger partial charge in [0, 0.05) is 16.5 Å². The van der Waals surface area contributed by atoms with Crippen LogP contribution in [0.25, 0.3) is 6.08 Å². The van der Waals surface area contributed by atoms with Gasteiger partial charge in [-0.25, -0.2) is 4.39 Å². The Balaban J connectivity index is 1.51. The third kappa shape index (κ3) is 5.67. The molecule has 3 rings (SSSR count). The Morgan fingerprint density at radius 3 is 2.67 bits per heavy atom. The molecule has 138 valence electrons. The first-order valence-electron chi connectivity index (χ1n) is 8.26. The number of nitrogens with one attached hydrogen (secondary N) is 1. The average molecular weight is 402 g/mol. The van der Waals surface area contributed by atoms with Crippen LogP contribution in [0.4, 0.5) is 4.39 Å². The fourth-order valence-electron chi connectivity index (χ4n) is 2.32. The van der Waals surface area contributed by atoms with Crippen LogP contribution in [0.3, 0.4) is 0 Å². The van der Waals surface area contributed by atoms with Gasteiger partial charge in [-0.3, -0.25) is 4.79 Å². The highest BCUT2D eigenvalue weighted by atomic mass is 35.5. The number of hydrogen-bond donors (Lipinski definition) is 1. The van der Waals surface area contributed by atoms with E-state index >= 15 is 0 Å². The van der Waals surface area contributed by atoms with Crippen LogP contribution in [0.1, 0.15) is 16.0 Å². The van der Waals surface area contributed by atoms with Crippen LogP contribution in [0.2, 0.25) is 5.02 Å². The molecule has 0 saturated heterocycles. The van der Waals surface area contributed by atoms with Gasteiger partial charge in [0.25, 0.3) is 0 Å². The van der Waals surface area contributed by atoms with Crippen molar-refractivity contribution < 1.29 is 13.9 Å². The largest absolute Gasteiger partial charge is 0.489 e. The maximum atomic E-state index is 13.7. The third-order valence-electron chi connectivity index (χ3n) is 3.77. The molecule has 0 spiro atoms. The lowest BCUT2D eigenvalue weighted by molar-refractivity contribution is -0.116. The summed E-state index contributed by atoms with van der Waals surface area (Å²) in [6.45, 7) is 0.568. The SMILES string of the molecule is O=C(/C=C/c1ccc(OCc2c(F)cccc2Cl)cc1)NCc1cccs1. The van der Waals surface area contributed by atoms with Gasteiger partial charge in [-0.15, -0.1) is 11.3 Å². The van der Waals surface area contributed by atoms with Crippen LogP contribution in [0.15, 0.2) is 66.1 Å². The fraction of sp³-hybridized carbons (Fsp3) is 0.0952. The van der Waals surface area contributed by atoms with E-state index in [0.717, 1.165) is 10.4 Å². The summed E-state index contributed by atoms with van der Waals surface area (Å²) in [6.07, 6.45) is 3.21. The summed E-state index contributed by atoms with van der Waals surface area (Å²) >= 11 is 7.58. The molecule has 0 atom stereocenters. The van der Waals surface area contributed by atoms with Crippen molar-refractivity contribution in [1.29, 1.82) is 0 Å². The van der Waals surface area contributed by atoms with Crippen molar-refractivity contribution in [3.05, 3.63) is 92.9 Å². The van der Waals surface area contributed by atoms with E-state index in [1.807, 2.05) is 29.6 Å². The zero-order valence-electron chi connectivity index (χ0n) is 14.3. The number of amides is 1. The molecule has 1 heterocycles. The molecule has 3 aromatic rings. The Morgan fingerprint density at radius 2 is 1.96 bits per heavy atom. The molecule has 27 heavy (non-hydrogen) atoms. The van der Waals surface area contributed by atoms with Crippen molar-refractivity contribution >= 4 is 34.9 Å². The first kappa shape index (κ1) is 19.1. The van der Waals surface area contributed by atoms with Gasteiger partial charge in [-0.05, 0) is 47.4 Å². The third-order valence-corrected chi connectivity index (χ3v) is 5.00. The lowest BCUT2D eigenvalue weighted by Crippen LogP contribution is -2.19. The van der Waals surface area contributed by atoms with Gasteiger partial charge in [-0.2, -0.15) is 0 Å². The van der Waals surface area contributed by atoms with Crippen molar-refractivity contribution in [2.24, 2.45) is 0 Å². The summed E-state index contributed by atoms with van der Waals surface area (Å²) in [5.74, 6) is 0.0437. The molecule has 3 nitrogen and oxygen atoms in total. The number of benzene rings is 2. The number of carbonyl (C=O) groups is 1. The number of thiophene rings is 1. The van der Waals surface area contributed by atoms with E-state index in [1.54, 1.807) is 41.7 Å². The Bertz CT molecular complexity index is 904. The summed E-state index contributed by atoms with van der Waals surface area (Å²) in [4.78, 5) is 12.9. The minimum Gasteiger partial charge on any atom is -0.489 e. The van der Waals surface area contributed by atoms with Gasteiger partial charge < -0.3 is 10.1 Å². The molecule has 0 bridgehead atoms. The summed E-state index contributed by atoms with van der Waals surface area (Å²) in [5, 5.41) is 5.14. The molecule has 2 aromatic carbocycles. The number of ether oxygens (including phenoxy) is 1. The Hall–Kier alpha value is -2.63. The van der Waals surface area contributed by atoms with E-state index in [-0.39, 0.29) is 12.5 Å². The molecule has 0 fully saturated rings. The predicted octanol–water partition coefficient (Wildman–Crippen LogP) is 5.45. The summed E-state index contributed by atoms with van der Waals surface area (Å²) in [6, 6.07) is 15.6. The van der Waals surface area contributed by atoms with Gasteiger partial charge in [0.15, 0.2) is 0 Å². The molecule has 0 saturated carbocycles. The van der Waals surface area contributed by atoms with Gasteiger partial charge in [0.05, 0.1) is 11.6 Å². The van der Waals surface area contributed by atoms with Crippen LogP contribution in [0.5, 0.6) is 5.75 Å². The molecule has 1 N–H and O–H groups in total. The first-order valence-corrected chi connectivity index (χ1v) is 9.51. The molecule has 0 aliphatic heterocycles. The molecule has 1 amide bonds. The van der Waals surface area contributed by atoms with Gasteiger partial charge in [0.1, 0.15) is 18.2 Å². The van der Waals surface area contributed by atoms with Gasteiger partial charge >= 0.3 is 0 Å². The van der Waals surface area contributed by atoms with Crippen molar-refractivity contribution in [3.63, 3.8) is 0 Å². The van der Waals surface area contributed by atoms with Gasteiger partial charge in [0.2, 0.25) is 5.91 Å². The maximum Gasteiger partial charge on any atom is 0.244 e. The van der Waals surface area contributed by atoms with E-state index < -0.39 is 5.82 Å². The lowest BCUT2D eigenvalue weighted by atomic mass is 10.2. The van der Waals surface area contributed by atoms with E-state index in [9.17, 15) is 9.18 Å².